The number of hydrogen-bond donors (Lipinski definition) is 7. The highest BCUT2D eigenvalue weighted by atomic mass is 16.6. The van der Waals surface area contributed by atoms with Crippen LogP contribution >= 0.6 is 0 Å². The lowest BCUT2D eigenvalue weighted by atomic mass is 9.93. The van der Waals surface area contributed by atoms with Crippen molar-refractivity contribution >= 4 is 43.7 Å². The first-order chi connectivity index (χ1) is 30.0. The summed E-state index contributed by atoms with van der Waals surface area (Å²) in [6.07, 6.45) is 0.929. The molecule has 0 aliphatic carbocycles. The molecule has 5 rings (SSSR count). The normalized spacial score (nSPS) is 17.0. The summed E-state index contributed by atoms with van der Waals surface area (Å²) >= 11 is 0. The van der Waals surface area contributed by atoms with Crippen LogP contribution in [0.3, 0.4) is 0 Å². The summed E-state index contributed by atoms with van der Waals surface area (Å²) in [7, 11) is 8.43. The Balaban J connectivity index is 1.56. The fourth-order valence-electron chi connectivity index (χ4n) is 6.92. The molecule has 5 amide bonds. The smallest absolute Gasteiger partial charge is 0.251 e. The number of carbonyl (C=O) groups excluding carboxylic acids is 5. The van der Waals surface area contributed by atoms with E-state index in [2.05, 4.69) is 26.4 Å². The predicted molar refractivity (Wildman–Crippen MR) is 235 cm³/mol. The lowest BCUT2D eigenvalue weighted by Crippen LogP contribution is -2.56. The molecule has 17 nitrogen and oxygen atoms in total. The summed E-state index contributed by atoms with van der Waals surface area (Å²) in [5, 5.41) is 14.7. The van der Waals surface area contributed by atoms with Gasteiger partial charge in [0.2, 0.25) is 24.1 Å². The van der Waals surface area contributed by atoms with Gasteiger partial charge in [-0.05, 0) is 65.6 Å². The SMILES string of the molecule is [B]Cc1ccc(-c2ccc(C(=O)N[C@@H](CN)C(=O)N(C)C3C(=O)N[C@@H](C)C(=O)NC(/C(=N/OC)NC=O)Cc4ccc(OCCN)c(c4)-c4cc3ccc4OCCN)cc2)cc1. The van der Waals surface area contributed by atoms with Gasteiger partial charge in [0.25, 0.3) is 5.91 Å². The van der Waals surface area contributed by atoms with Crippen LogP contribution in [0.5, 0.6) is 11.5 Å². The number of amidine groups is 1. The average Bonchev–Trinajstić information content (AvgIpc) is 3.28. The van der Waals surface area contributed by atoms with E-state index in [9.17, 15) is 24.0 Å². The van der Waals surface area contributed by atoms with E-state index >= 15 is 0 Å². The Morgan fingerprint density at radius 1 is 0.887 bits per heavy atom. The number of likely N-dealkylation sites (N-methyl/N-ethyl adjacent to an activating group) is 1. The minimum Gasteiger partial charge on any atom is -0.492 e. The van der Waals surface area contributed by atoms with Gasteiger partial charge in [-0.25, -0.2) is 0 Å². The number of nitrogens with two attached hydrogens (primary N) is 3. The molecule has 1 heterocycles. The first kappa shape index (κ1) is 46.3. The number of fused-ring (bicyclic) bond motifs is 5. The zero-order valence-electron chi connectivity index (χ0n) is 34.9. The van der Waals surface area contributed by atoms with Gasteiger partial charge in [0.15, 0.2) is 5.84 Å². The second-order valence-electron chi connectivity index (χ2n) is 14.4. The van der Waals surface area contributed by atoms with Crippen LogP contribution in [0.4, 0.5) is 0 Å². The highest BCUT2D eigenvalue weighted by Crippen LogP contribution is 2.40. The van der Waals surface area contributed by atoms with Gasteiger partial charge in [-0.1, -0.05) is 65.6 Å². The molecule has 1 aliphatic rings. The lowest BCUT2D eigenvalue weighted by molar-refractivity contribution is -0.141. The van der Waals surface area contributed by atoms with Gasteiger partial charge in [-0.3, -0.25) is 24.0 Å². The van der Waals surface area contributed by atoms with Crippen molar-refractivity contribution in [3.8, 4) is 33.8 Å². The van der Waals surface area contributed by atoms with E-state index in [1.54, 1.807) is 54.6 Å². The Bertz CT molecular complexity index is 2240. The van der Waals surface area contributed by atoms with E-state index in [-0.39, 0.29) is 50.7 Å². The number of hydrogen-bond acceptors (Lipinski definition) is 12. The molecule has 0 saturated heterocycles. The van der Waals surface area contributed by atoms with E-state index in [1.807, 2.05) is 30.3 Å². The van der Waals surface area contributed by atoms with Gasteiger partial charge in [0.05, 0.1) is 13.9 Å². The van der Waals surface area contributed by atoms with Crippen LogP contribution in [0, 0.1) is 0 Å². The largest absolute Gasteiger partial charge is 0.492 e. The molecule has 18 heteroatoms. The monoisotopic (exact) mass is 845 g/mol. The molecule has 4 bridgehead atoms. The molecule has 0 aromatic heterocycles. The molecule has 0 saturated carbocycles. The second-order valence-corrected chi connectivity index (χ2v) is 14.4. The summed E-state index contributed by atoms with van der Waals surface area (Å²) in [5.74, 6) is -1.81. The van der Waals surface area contributed by atoms with Crippen molar-refractivity contribution in [1.82, 2.24) is 26.2 Å². The Hall–Kier alpha value is -6.76. The van der Waals surface area contributed by atoms with Crippen LogP contribution in [-0.4, -0.2) is 114 Å². The van der Waals surface area contributed by atoms with E-state index < -0.39 is 47.8 Å². The van der Waals surface area contributed by atoms with Crippen molar-refractivity contribution in [3.63, 3.8) is 0 Å². The van der Waals surface area contributed by atoms with Crippen LogP contribution in [0.25, 0.3) is 22.3 Å². The molecule has 4 aromatic rings. The predicted octanol–water partition coefficient (Wildman–Crippen LogP) is 0.872. The third-order valence-corrected chi connectivity index (χ3v) is 10.1. The summed E-state index contributed by atoms with van der Waals surface area (Å²) in [6.45, 7) is 1.88. The average molecular weight is 846 g/mol. The zero-order chi connectivity index (χ0) is 44.8. The first-order valence-electron chi connectivity index (χ1n) is 20.0. The third-order valence-electron chi connectivity index (χ3n) is 10.1. The van der Waals surface area contributed by atoms with Gasteiger partial charge < -0.3 is 57.7 Å². The van der Waals surface area contributed by atoms with Gasteiger partial charge in [0.1, 0.15) is 49.9 Å². The van der Waals surface area contributed by atoms with E-state index in [0.717, 1.165) is 16.7 Å². The van der Waals surface area contributed by atoms with Gasteiger partial charge >= 0.3 is 0 Å². The van der Waals surface area contributed by atoms with Crippen LogP contribution < -0.4 is 47.9 Å². The summed E-state index contributed by atoms with van der Waals surface area (Å²) < 4.78 is 12.2. The molecule has 2 radical (unpaired) electrons. The van der Waals surface area contributed by atoms with Crippen LogP contribution in [0.15, 0.2) is 90.1 Å². The Kier molecular flexibility index (Phi) is 16.6. The number of benzene rings is 4. The van der Waals surface area contributed by atoms with Gasteiger partial charge in [-0.15, -0.1) is 0 Å². The number of amides is 5. The molecule has 324 valence electrons. The quantitative estimate of drug-likeness (QED) is 0.0274. The number of nitrogens with zero attached hydrogens (tertiary/aromatic N) is 2. The maximum atomic E-state index is 14.5. The van der Waals surface area contributed by atoms with E-state index in [4.69, 9.17) is 39.4 Å². The maximum absolute atomic E-state index is 14.5. The topological polar surface area (TPSA) is 255 Å². The Labute approximate surface area is 361 Å². The molecule has 4 atom stereocenters. The summed E-state index contributed by atoms with van der Waals surface area (Å²) in [4.78, 5) is 74.0. The zero-order valence-corrected chi connectivity index (χ0v) is 34.9. The first-order valence-corrected chi connectivity index (χ1v) is 20.0. The van der Waals surface area contributed by atoms with Crippen molar-refractivity contribution in [2.24, 2.45) is 22.4 Å². The number of oxime groups is 1. The summed E-state index contributed by atoms with van der Waals surface area (Å²) in [6, 6.07) is 20.1. The second kappa shape index (κ2) is 22.2. The highest BCUT2D eigenvalue weighted by Gasteiger charge is 2.36. The highest BCUT2D eigenvalue weighted by molar-refractivity contribution is 6.08. The minimum absolute atomic E-state index is 0.00733. The number of nitrogens with one attached hydrogen (secondary N) is 4. The maximum Gasteiger partial charge on any atom is 0.251 e. The van der Waals surface area contributed by atoms with Crippen molar-refractivity contribution < 1.29 is 38.3 Å². The van der Waals surface area contributed by atoms with Crippen LogP contribution in [0.1, 0.15) is 40.0 Å². The molecular weight excluding hydrogens is 793 g/mol. The van der Waals surface area contributed by atoms with Crippen molar-refractivity contribution in [2.75, 3.05) is 47.0 Å². The lowest BCUT2D eigenvalue weighted by Gasteiger charge is -2.32. The van der Waals surface area contributed by atoms with E-state index in [0.29, 0.717) is 46.5 Å². The van der Waals surface area contributed by atoms with Crippen LogP contribution in [-0.2, 0) is 36.8 Å². The Morgan fingerprint density at radius 2 is 1.50 bits per heavy atom. The molecule has 4 aromatic carbocycles. The number of carbonyl (C=O) groups is 5. The van der Waals surface area contributed by atoms with Crippen molar-refractivity contribution in [2.45, 2.75) is 43.8 Å². The van der Waals surface area contributed by atoms with E-state index in [1.165, 1.54) is 26.0 Å². The molecule has 1 aliphatic heterocycles. The molecular formula is C44H52BN9O8. The molecule has 62 heavy (non-hydrogen) atoms. The standard InChI is InChI=1S/C44H52BN9O8/c1-26-41(56)51-35(40(49-25-55)53-60-3)21-28-6-14-37(61-18-16-46)33(20-28)34-22-32(13-15-38(34)62-19-17-47)39(43(58)50-26)54(2)44(59)36(24-48)52-42(57)31-11-9-30(10-12-31)29-7-4-27(23-45)5-8-29/h4-15,20,22,25-26,35-36,39H,16-19,21,23-24,46-48H2,1-3H3,(H,50,58)(H,51,56)(H,52,57)(H,49,53,55)/t26-,35?,36-,39?/m0/s1. The Morgan fingerprint density at radius 3 is 2.08 bits per heavy atom. The van der Waals surface area contributed by atoms with Crippen molar-refractivity contribution in [3.05, 3.63) is 107 Å². The van der Waals surface area contributed by atoms with Gasteiger partial charge in [0, 0.05) is 49.8 Å². The summed E-state index contributed by atoms with van der Waals surface area (Å²) in [5.41, 5.74) is 22.9. The van der Waals surface area contributed by atoms with Crippen LogP contribution in [0.2, 0.25) is 0 Å². The molecule has 10 N–H and O–H groups in total. The number of ether oxygens (including phenoxy) is 2. The molecule has 0 spiro atoms. The fourth-order valence-corrected chi connectivity index (χ4v) is 6.92. The molecule has 2 unspecified atom stereocenters. The fraction of sp³-hybridized carbons (Fsp3) is 0.318. The minimum atomic E-state index is -1.38. The van der Waals surface area contributed by atoms with Gasteiger partial charge in [-0.2, -0.15) is 0 Å². The molecule has 0 fully saturated rings. The number of rotatable bonds is 16. The third kappa shape index (κ3) is 11.3. The van der Waals surface area contributed by atoms with Crippen molar-refractivity contribution in [1.29, 1.82) is 0 Å².